The number of carbonyl (C=O) groups excluding carboxylic acids is 2. The first-order valence-corrected chi connectivity index (χ1v) is 8.88. The van der Waals surface area contributed by atoms with Crippen molar-refractivity contribution in [3.63, 3.8) is 0 Å². The molecule has 148 valence electrons. The average Bonchev–Trinajstić information content (AvgIpc) is 2.68. The van der Waals surface area contributed by atoms with Crippen molar-refractivity contribution in [1.29, 1.82) is 0 Å². The van der Waals surface area contributed by atoms with Crippen LogP contribution < -0.4 is 10.1 Å². The van der Waals surface area contributed by atoms with Crippen molar-refractivity contribution in [2.75, 3.05) is 13.2 Å². The number of nitrogens with one attached hydrogen (secondary N) is 1. The second-order valence-electron chi connectivity index (χ2n) is 5.84. The summed E-state index contributed by atoms with van der Waals surface area (Å²) in [5, 5.41) is 13.5. The molecule has 0 fully saturated rings. The van der Waals surface area contributed by atoms with Crippen molar-refractivity contribution in [2.24, 2.45) is 0 Å². The highest BCUT2D eigenvalue weighted by molar-refractivity contribution is 5.95. The van der Waals surface area contributed by atoms with E-state index in [1.54, 1.807) is 31.2 Å². The van der Waals surface area contributed by atoms with Gasteiger partial charge in [0.1, 0.15) is 5.75 Å². The van der Waals surface area contributed by atoms with Crippen LogP contribution in [-0.2, 0) is 9.53 Å². The van der Waals surface area contributed by atoms with Gasteiger partial charge in [-0.15, -0.1) is 0 Å². The number of non-ortho nitro benzene ring substituents is 1. The van der Waals surface area contributed by atoms with Gasteiger partial charge < -0.3 is 14.8 Å². The summed E-state index contributed by atoms with van der Waals surface area (Å²) in [7, 11) is 0. The predicted molar refractivity (Wildman–Crippen MR) is 102 cm³/mol. The van der Waals surface area contributed by atoms with E-state index in [1.165, 1.54) is 24.3 Å². The molecule has 1 amide bonds. The molecule has 0 spiro atoms. The molecule has 2 aromatic rings. The molecule has 0 aliphatic carbocycles. The Labute approximate surface area is 162 Å². The number of benzene rings is 2. The number of ether oxygens (including phenoxy) is 2. The molecule has 0 radical (unpaired) electrons. The van der Waals surface area contributed by atoms with Crippen molar-refractivity contribution in [3.8, 4) is 5.75 Å². The molecule has 2 rings (SSSR count). The maximum atomic E-state index is 12.6. The highest BCUT2D eigenvalue weighted by atomic mass is 16.6. The molecule has 28 heavy (non-hydrogen) atoms. The number of nitro benzene ring substituents is 1. The lowest BCUT2D eigenvalue weighted by atomic mass is 10.0. The van der Waals surface area contributed by atoms with Crippen LogP contribution in [0, 0.1) is 10.1 Å². The molecule has 0 saturated carbocycles. The van der Waals surface area contributed by atoms with Crippen LogP contribution in [0.4, 0.5) is 5.69 Å². The van der Waals surface area contributed by atoms with Gasteiger partial charge in [0, 0.05) is 17.7 Å². The smallest absolute Gasteiger partial charge is 0.308 e. The standard InChI is InChI=1S/C20H22N2O6/c1-3-27-17-11-7-14(8-12-17)18(13-19(23)28-4-2)21-20(24)15-5-9-16(10-6-15)22(25)26/h5-12,18H,3-4,13H2,1-2H3,(H,21,24)/t18-/m0/s1. The summed E-state index contributed by atoms with van der Waals surface area (Å²) < 4.78 is 10.4. The monoisotopic (exact) mass is 386 g/mol. The Morgan fingerprint density at radius 3 is 2.21 bits per heavy atom. The molecular formula is C20H22N2O6. The van der Waals surface area contributed by atoms with Crippen LogP contribution in [-0.4, -0.2) is 30.0 Å². The lowest BCUT2D eigenvalue weighted by molar-refractivity contribution is -0.384. The third-order valence-electron chi connectivity index (χ3n) is 3.92. The van der Waals surface area contributed by atoms with Gasteiger partial charge in [0.05, 0.1) is 30.6 Å². The van der Waals surface area contributed by atoms with Crippen LogP contribution in [0.2, 0.25) is 0 Å². The third kappa shape index (κ3) is 5.80. The summed E-state index contributed by atoms with van der Waals surface area (Å²) in [6.45, 7) is 4.36. The second kappa shape index (κ2) is 10.1. The fourth-order valence-corrected chi connectivity index (χ4v) is 2.58. The van der Waals surface area contributed by atoms with E-state index < -0.39 is 22.8 Å². The Morgan fingerprint density at radius 2 is 1.68 bits per heavy atom. The van der Waals surface area contributed by atoms with E-state index in [9.17, 15) is 19.7 Å². The minimum absolute atomic E-state index is 0.0411. The summed E-state index contributed by atoms with van der Waals surface area (Å²) >= 11 is 0. The topological polar surface area (TPSA) is 108 Å². The third-order valence-corrected chi connectivity index (χ3v) is 3.92. The molecule has 0 aromatic heterocycles. The van der Waals surface area contributed by atoms with E-state index in [0.717, 1.165) is 0 Å². The highest BCUT2D eigenvalue weighted by Crippen LogP contribution is 2.22. The number of esters is 1. The van der Waals surface area contributed by atoms with Crippen LogP contribution >= 0.6 is 0 Å². The number of carbonyl (C=O) groups is 2. The first kappa shape index (κ1) is 20.9. The minimum Gasteiger partial charge on any atom is -0.494 e. The van der Waals surface area contributed by atoms with Crippen molar-refractivity contribution in [1.82, 2.24) is 5.32 Å². The molecule has 0 aliphatic heterocycles. The van der Waals surface area contributed by atoms with Crippen LogP contribution in [0.25, 0.3) is 0 Å². The molecule has 0 saturated heterocycles. The zero-order chi connectivity index (χ0) is 20.5. The first-order valence-electron chi connectivity index (χ1n) is 8.88. The number of hydrogen-bond acceptors (Lipinski definition) is 6. The van der Waals surface area contributed by atoms with Crippen molar-refractivity contribution < 1.29 is 24.0 Å². The van der Waals surface area contributed by atoms with Gasteiger partial charge in [-0.3, -0.25) is 19.7 Å². The van der Waals surface area contributed by atoms with Crippen molar-refractivity contribution in [3.05, 3.63) is 69.8 Å². The molecule has 0 bridgehead atoms. The van der Waals surface area contributed by atoms with Gasteiger partial charge >= 0.3 is 5.97 Å². The lowest BCUT2D eigenvalue weighted by Crippen LogP contribution is -2.30. The molecule has 2 aromatic carbocycles. The number of nitro groups is 1. The SMILES string of the molecule is CCOC(=O)C[C@H](NC(=O)c1ccc([N+](=O)[O-])cc1)c1ccc(OCC)cc1. The van der Waals surface area contributed by atoms with E-state index in [0.29, 0.717) is 17.9 Å². The molecule has 1 N–H and O–H groups in total. The van der Waals surface area contributed by atoms with Crippen LogP contribution in [0.5, 0.6) is 5.75 Å². The number of hydrogen-bond donors (Lipinski definition) is 1. The fraction of sp³-hybridized carbons (Fsp3) is 0.300. The quantitative estimate of drug-likeness (QED) is 0.402. The number of amides is 1. The zero-order valence-corrected chi connectivity index (χ0v) is 15.7. The van der Waals surface area contributed by atoms with E-state index >= 15 is 0 Å². The Bertz CT molecular complexity index is 818. The predicted octanol–water partition coefficient (Wildman–Crippen LogP) is 3.42. The van der Waals surface area contributed by atoms with Crippen LogP contribution in [0.15, 0.2) is 48.5 Å². The Morgan fingerprint density at radius 1 is 1.04 bits per heavy atom. The van der Waals surface area contributed by atoms with Gasteiger partial charge in [0.2, 0.25) is 0 Å². The molecule has 1 atom stereocenters. The molecule has 0 aliphatic rings. The minimum atomic E-state index is -0.614. The summed E-state index contributed by atoms with van der Waals surface area (Å²) in [6.07, 6.45) is -0.0411. The molecule has 8 heteroatoms. The summed E-state index contributed by atoms with van der Waals surface area (Å²) in [5.74, 6) is -0.203. The highest BCUT2D eigenvalue weighted by Gasteiger charge is 2.20. The zero-order valence-electron chi connectivity index (χ0n) is 15.7. The molecular weight excluding hydrogens is 364 g/mol. The van der Waals surface area contributed by atoms with E-state index in [-0.39, 0.29) is 24.3 Å². The van der Waals surface area contributed by atoms with Gasteiger partial charge in [-0.05, 0) is 43.7 Å². The summed E-state index contributed by atoms with van der Waals surface area (Å²) in [4.78, 5) is 34.7. The number of nitrogens with zero attached hydrogens (tertiary/aromatic N) is 1. The maximum absolute atomic E-state index is 12.6. The second-order valence-corrected chi connectivity index (χ2v) is 5.84. The number of rotatable bonds is 9. The fourth-order valence-electron chi connectivity index (χ4n) is 2.58. The molecule has 8 nitrogen and oxygen atoms in total. The average molecular weight is 386 g/mol. The lowest BCUT2D eigenvalue weighted by Gasteiger charge is -2.19. The van der Waals surface area contributed by atoms with Gasteiger partial charge in [-0.1, -0.05) is 12.1 Å². The van der Waals surface area contributed by atoms with E-state index in [2.05, 4.69) is 5.32 Å². The van der Waals surface area contributed by atoms with Crippen LogP contribution in [0.3, 0.4) is 0 Å². The Hall–Kier alpha value is -3.42. The van der Waals surface area contributed by atoms with Gasteiger partial charge in [0.15, 0.2) is 0 Å². The van der Waals surface area contributed by atoms with E-state index in [4.69, 9.17) is 9.47 Å². The van der Waals surface area contributed by atoms with Gasteiger partial charge in [-0.2, -0.15) is 0 Å². The summed E-state index contributed by atoms with van der Waals surface area (Å²) in [5.41, 5.74) is 0.864. The first-order chi connectivity index (χ1) is 13.4. The van der Waals surface area contributed by atoms with E-state index in [1.807, 2.05) is 6.92 Å². The van der Waals surface area contributed by atoms with Crippen molar-refractivity contribution in [2.45, 2.75) is 26.3 Å². The van der Waals surface area contributed by atoms with Crippen molar-refractivity contribution >= 4 is 17.6 Å². The van der Waals surface area contributed by atoms with Crippen LogP contribution in [0.1, 0.15) is 42.2 Å². The molecule has 0 unspecified atom stereocenters. The normalized spacial score (nSPS) is 11.4. The Balaban J connectivity index is 2.19. The largest absolute Gasteiger partial charge is 0.494 e. The van der Waals surface area contributed by atoms with Gasteiger partial charge in [0.25, 0.3) is 11.6 Å². The van der Waals surface area contributed by atoms with Gasteiger partial charge in [-0.25, -0.2) is 0 Å². The summed E-state index contributed by atoms with van der Waals surface area (Å²) in [6, 6.07) is 11.7. The Kier molecular flexibility index (Phi) is 7.50. The molecule has 0 heterocycles. The maximum Gasteiger partial charge on any atom is 0.308 e.